The van der Waals surface area contributed by atoms with Gasteiger partial charge in [0, 0.05) is 25.9 Å². The van der Waals surface area contributed by atoms with Crippen molar-refractivity contribution in [2.75, 3.05) is 19.7 Å². The average Bonchev–Trinajstić information content (AvgIpc) is 2.99. The van der Waals surface area contributed by atoms with E-state index in [0.29, 0.717) is 43.7 Å². The van der Waals surface area contributed by atoms with Crippen LogP contribution in [0.15, 0.2) is 78.9 Å². The maximum Gasteiger partial charge on any atom is 0.410 e. The summed E-state index contributed by atoms with van der Waals surface area (Å²) in [6, 6.07) is 26.0. The smallest absolute Gasteiger partial charge is 0.410 e. The van der Waals surface area contributed by atoms with Gasteiger partial charge < -0.3 is 29.2 Å². The Bertz CT molecular complexity index is 1380. The number of carbonyl (C=O) groups is 2. The summed E-state index contributed by atoms with van der Waals surface area (Å²) in [5.74, 6) is 1.30. The lowest BCUT2D eigenvalue weighted by Gasteiger charge is -2.31. The molecule has 0 aliphatic carbocycles. The highest BCUT2D eigenvalue weighted by atomic mass is 35.5. The minimum absolute atomic E-state index is 0. The van der Waals surface area contributed by atoms with E-state index in [4.69, 9.17) is 24.2 Å². The van der Waals surface area contributed by atoms with E-state index in [1.54, 1.807) is 29.2 Å². The van der Waals surface area contributed by atoms with Gasteiger partial charge in [0.1, 0.15) is 36.4 Å². The molecule has 2 amide bonds. The number of nitrogens with one attached hydrogen (secondary N) is 1. The van der Waals surface area contributed by atoms with Gasteiger partial charge in [0.2, 0.25) is 0 Å². The van der Waals surface area contributed by atoms with E-state index in [-0.39, 0.29) is 43.9 Å². The van der Waals surface area contributed by atoms with Crippen molar-refractivity contribution in [3.63, 3.8) is 0 Å². The lowest BCUT2D eigenvalue weighted by Crippen LogP contribution is -2.43. The van der Waals surface area contributed by atoms with Gasteiger partial charge in [-0.25, -0.2) is 9.59 Å². The maximum absolute atomic E-state index is 12.5. The summed E-state index contributed by atoms with van der Waals surface area (Å²) in [5, 5.41) is 12.1. The Morgan fingerprint density at radius 3 is 2.32 bits per heavy atom. The van der Waals surface area contributed by atoms with Crippen LogP contribution in [0.25, 0.3) is 0 Å². The van der Waals surface area contributed by atoms with Crippen molar-refractivity contribution in [2.24, 2.45) is 0 Å². The average molecular weight is 622 g/mol. The quantitative estimate of drug-likeness (QED) is 0.269. The first-order valence-electron chi connectivity index (χ1n) is 14.5. The number of nitriles is 1. The monoisotopic (exact) mass is 621 g/mol. The van der Waals surface area contributed by atoms with Crippen molar-refractivity contribution in [2.45, 2.75) is 64.4 Å². The molecule has 1 heterocycles. The van der Waals surface area contributed by atoms with Crippen LogP contribution in [-0.4, -0.2) is 54.5 Å². The Labute approximate surface area is 265 Å². The van der Waals surface area contributed by atoms with Gasteiger partial charge in [-0.3, -0.25) is 0 Å². The van der Waals surface area contributed by atoms with Crippen LogP contribution < -0.4 is 14.8 Å². The van der Waals surface area contributed by atoms with Crippen molar-refractivity contribution in [1.29, 1.82) is 5.26 Å². The number of likely N-dealkylation sites (tertiary alicyclic amines) is 1. The van der Waals surface area contributed by atoms with Crippen LogP contribution in [0.4, 0.5) is 9.59 Å². The molecule has 4 rings (SSSR count). The molecule has 0 bridgehead atoms. The molecule has 234 valence electrons. The number of benzene rings is 3. The van der Waals surface area contributed by atoms with Gasteiger partial charge in [-0.1, -0.05) is 48.5 Å². The fourth-order valence-corrected chi connectivity index (χ4v) is 4.63. The van der Waals surface area contributed by atoms with Crippen LogP contribution in [0.1, 0.15) is 50.3 Å². The molecule has 44 heavy (non-hydrogen) atoms. The number of carbonyl (C=O) groups excluding carboxylic acids is 2. The largest absolute Gasteiger partial charge is 0.491 e. The van der Waals surface area contributed by atoms with E-state index in [0.717, 1.165) is 16.9 Å². The summed E-state index contributed by atoms with van der Waals surface area (Å²) >= 11 is 0. The minimum Gasteiger partial charge on any atom is -0.491 e. The zero-order valence-corrected chi connectivity index (χ0v) is 26.2. The van der Waals surface area contributed by atoms with Gasteiger partial charge in [0.15, 0.2) is 0 Å². The highest BCUT2D eigenvalue weighted by Crippen LogP contribution is 2.21. The number of hydrogen-bond acceptors (Lipinski definition) is 7. The van der Waals surface area contributed by atoms with E-state index in [1.807, 2.05) is 75.4 Å². The summed E-state index contributed by atoms with van der Waals surface area (Å²) in [5.41, 5.74) is 1.81. The van der Waals surface area contributed by atoms with Gasteiger partial charge in [0.25, 0.3) is 0 Å². The normalized spacial score (nSPS) is 13.9. The summed E-state index contributed by atoms with van der Waals surface area (Å²) in [6.07, 6.45) is 1.11. The molecule has 1 aliphatic rings. The Hall–Kier alpha value is -4.42. The predicted molar refractivity (Wildman–Crippen MR) is 169 cm³/mol. The summed E-state index contributed by atoms with van der Waals surface area (Å²) < 4.78 is 23.0. The lowest BCUT2D eigenvalue weighted by molar-refractivity contribution is 0.0487. The number of halogens is 1. The van der Waals surface area contributed by atoms with E-state index in [1.165, 1.54) is 0 Å². The van der Waals surface area contributed by atoms with E-state index >= 15 is 0 Å². The Balaban J connectivity index is 0.00000529. The fourth-order valence-electron chi connectivity index (χ4n) is 4.63. The number of alkyl carbamates (subject to hydrolysis) is 1. The fraction of sp³-hybridized carbons (Fsp3) is 0.382. The van der Waals surface area contributed by atoms with Crippen LogP contribution in [0, 0.1) is 11.3 Å². The van der Waals surface area contributed by atoms with Gasteiger partial charge in [0.05, 0.1) is 17.7 Å². The standard InChI is InChI=1S/C34H39N3O6.ClH/c1-34(2,3)43-32(38)36-28(24-40-31-11-7-10-27(21-31)22-35)20-25-12-14-29(15-13-25)42-30-16-18-37(19-17-30)33(39)41-23-26-8-5-4-6-9-26;/h4-15,21,28,30H,16-20,23-24H2,1-3H3,(H,36,38);1H/t28-;/m1./s1. The number of amides is 2. The molecule has 1 aliphatic heterocycles. The van der Waals surface area contributed by atoms with Crippen molar-refractivity contribution in [3.8, 4) is 17.6 Å². The third-order valence-electron chi connectivity index (χ3n) is 6.75. The summed E-state index contributed by atoms with van der Waals surface area (Å²) in [4.78, 5) is 26.7. The number of rotatable bonds is 10. The maximum atomic E-state index is 12.5. The molecule has 0 radical (unpaired) electrons. The SMILES string of the molecule is CC(C)(C)OC(=O)N[C@@H](COc1cccc(C#N)c1)Cc1ccc(OC2CCN(C(=O)OCc3ccccc3)CC2)cc1.Cl. The highest BCUT2D eigenvalue weighted by Gasteiger charge is 2.25. The molecule has 0 aromatic heterocycles. The molecule has 9 nitrogen and oxygen atoms in total. The predicted octanol–water partition coefficient (Wildman–Crippen LogP) is 6.67. The van der Waals surface area contributed by atoms with Crippen LogP contribution in [0.2, 0.25) is 0 Å². The first-order valence-corrected chi connectivity index (χ1v) is 14.5. The van der Waals surface area contributed by atoms with Crippen molar-refractivity contribution in [3.05, 3.63) is 95.6 Å². The van der Waals surface area contributed by atoms with Crippen LogP contribution in [0.3, 0.4) is 0 Å². The van der Waals surface area contributed by atoms with Gasteiger partial charge in [-0.15, -0.1) is 12.4 Å². The molecule has 1 N–H and O–H groups in total. The first kappa shape index (κ1) is 34.1. The summed E-state index contributed by atoms with van der Waals surface area (Å²) in [7, 11) is 0. The molecule has 3 aromatic rings. The molecule has 0 saturated carbocycles. The zero-order valence-electron chi connectivity index (χ0n) is 25.4. The Morgan fingerprint density at radius 1 is 0.955 bits per heavy atom. The van der Waals surface area contributed by atoms with E-state index < -0.39 is 11.7 Å². The van der Waals surface area contributed by atoms with Gasteiger partial charge in [-0.2, -0.15) is 5.26 Å². The molecule has 0 unspecified atom stereocenters. The number of ether oxygens (including phenoxy) is 4. The van der Waals surface area contributed by atoms with E-state index in [9.17, 15) is 9.59 Å². The number of hydrogen-bond donors (Lipinski definition) is 1. The highest BCUT2D eigenvalue weighted by molar-refractivity contribution is 5.85. The van der Waals surface area contributed by atoms with Crippen LogP contribution >= 0.6 is 12.4 Å². The Kier molecular flexibility index (Phi) is 12.7. The molecule has 10 heteroatoms. The second-order valence-corrected chi connectivity index (χ2v) is 11.5. The summed E-state index contributed by atoms with van der Waals surface area (Å²) in [6.45, 7) is 7.04. The molecular formula is C34H40ClN3O6. The van der Waals surface area contributed by atoms with Crippen molar-refractivity contribution >= 4 is 24.6 Å². The van der Waals surface area contributed by atoms with Crippen LogP contribution in [0.5, 0.6) is 11.5 Å². The third-order valence-corrected chi connectivity index (χ3v) is 6.75. The topological polar surface area (TPSA) is 110 Å². The second kappa shape index (κ2) is 16.4. The molecule has 0 spiro atoms. The van der Waals surface area contributed by atoms with Gasteiger partial charge >= 0.3 is 12.2 Å². The minimum atomic E-state index is -0.631. The van der Waals surface area contributed by atoms with Crippen LogP contribution in [-0.2, 0) is 22.5 Å². The molecule has 1 atom stereocenters. The number of nitrogens with zero attached hydrogens (tertiary/aromatic N) is 2. The lowest BCUT2D eigenvalue weighted by atomic mass is 10.1. The third kappa shape index (κ3) is 11.3. The number of piperidine rings is 1. The second-order valence-electron chi connectivity index (χ2n) is 11.5. The molecule has 1 fully saturated rings. The zero-order chi connectivity index (χ0) is 30.7. The first-order chi connectivity index (χ1) is 20.7. The Morgan fingerprint density at radius 2 is 1.66 bits per heavy atom. The molecular weight excluding hydrogens is 582 g/mol. The molecule has 1 saturated heterocycles. The van der Waals surface area contributed by atoms with E-state index in [2.05, 4.69) is 11.4 Å². The van der Waals surface area contributed by atoms with Gasteiger partial charge in [-0.05, 0) is 68.7 Å². The molecule has 3 aromatic carbocycles. The van der Waals surface area contributed by atoms with Crippen molar-refractivity contribution < 1.29 is 28.5 Å². The van der Waals surface area contributed by atoms with Crippen molar-refractivity contribution in [1.82, 2.24) is 10.2 Å².